The molecule has 65 heavy (non-hydrogen) atoms. The SMILES string of the molecule is COC(=O)/C(NC(=O)[C@H](CC(N)=O)NC(=O)[C@@H](NC(=O)OCC1c2ccccc2-c2ccccc21)C(C)(C)SC(c1ccccc1)(c1ccccc1)c1ccccc1)=C(/C)OC(C)(C)C. The molecule has 0 heterocycles. The van der Waals surface area contributed by atoms with Crippen molar-refractivity contribution in [2.24, 2.45) is 5.73 Å². The summed E-state index contributed by atoms with van der Waals surface area (Å²) in [7, 11) is 1.14. The van der Waals surface area contributed by atoms with Crippen molar-refractivity contribution in [3.05, 3.63) is 179 Å². The van der Waals surface area contributed by atoms with Gasteiger partial charge in [-0.15, -0.1) is 11.8 Å². The quantitative estimate of drug-likeness (QED) is 0.0311. The summed E-state index contributed by atoms with van der Waals surface area (Å²) in [5.74, 6) is -3.85. The van der Waals surface area contributed by atoms with Gasteiger partial charge >= 0.3 is 12.1 Å². The normalized spacial score (nSPS) is 13.8. The van der Waals surface area contributed by atoms with E-state index in [1.54, 1.807) is 20.8 Å². The van der Waals surface area contributed by atoms with Crippen LogP contribution in [0, 0.1) is 0 Å². The van der Waals surface area contributed by atoms with E-state index in [1.165, 1.54) is 18.7 Å². The highest BCUT2D eigenvalue weighted by Gasteiger charge is 2.48. The standard InChI is InChI=1S/C52H56N4O8S/c1-33(64-50(2,3)4)44(48(60)62-7)55-46(58)42(31-43(53)57)54-47(59)45(56-49(61)63-32-41-39-29-19-17-27-37(39)38-28-18-20-30-40(38)41)51(5,6)65-52(34-21-11-8-12-22-34,35-23-13-9-14-24-35)36-25-15-10-16-26-36/h8-30,41-42,45H,31-32H2,1-7H3,(H2,53,57)(H,54,59)(H,55,58)(H,56,61)/b44-33+/t42-,45+/m0/s1. The third-order valence-electron chi connectivity index (χ3n) is 11.0. The number of allylic oxidation sites excluding steroid dienone is 1. The Balaban J connectivity index is 1.40. The zero-order valence-corrected chi connectivity index (χ0v) is 38.5. The second-order valence-electron chi connectivity index (χ2n) is 17.2. The molecule has 0 spiro atoms. The van der Waals surface area contributed by atoms with E-state index < -0.39 is 63.4 Å². The molecule has 1 aliphatic carbocycles. The molecule has 0 unspecified atom stereocenters. The molecule has 338 valence electrons. The van der Waals surface area contributed by atoms with Crippen LogP contribution in [0.5, 0.6) is 0 Å². The van der Waals surface area contributed by atoms with Crippen molar-refractivity contribution < 1.29 is 38.2 Å². The molecule has 0 radical (unpaired) electrons. The first-order chi connectivity index (χ1) is 30.9. The molecule has 5 aromatic rings. The van der Waals surface area contributed by atoms with Gasteiger partial charge in [0.05, 0.1) is 18.3 Å². The Bertz CT molecular complexity index is 2400. The Labute approximate surface area is 384 Å². The van der Waals surface area contributed by atoms with Crippen LogP contribution in [0.3, 0.4) is 0 Å². The highest BCUT2D eigenvalue weighted by molar-refractivity contribution is 8.02. The number of carbonyl (C=O) groups is 5. The van der Waals surface area contributed by atoms with Crippen LogP contribution in [0.15, 0.2) is 151 Å². The molecule has 13 heteroatoms. The number of esters is 1. The summed E-state index contributed by atoms with van der Waals surface area (Å²) in [6, 6.07) is 42.4. The number of amides is 4. The molecule has 0 saturated carbocycles. The van der Waals surface area contributed by atoms with Gasteiger partial charge in [0.15, 0.2) is 5.70 Å². The number of fused-ring (bicyclic) bond motifs is 3. The zero-order valence-electron chi connectivity index (χ0n) is 37.7. The van der Waals surface area contributed by atoms with Crippen LogP contribution < -0.4 is 21.7 Å². The van der Waals surface area contributed by atoms with Crippen molar-refractivity contribution in [2.45, 2.75) is 81.1 Å². The molecule has 0 saturated heterocycles. The second kappa shape index (κ2) is 20.3. The number of primary amides is 1. The second-order valence-corrected chi connectivity index (χ2v) is 19.1. The topological polar surface area (TPSA) is 175 Å². The summed E-state index contributed by atoms with van der Waals surface area (Å²) < 4.78 is 14.6. The van der Waals surface area contributed by atoms with Crippen LogP contribution >= 0.6 is 11.8 Å². The molecule has 1 aliphatic rings. The number of hydrogen-bond donors (Lipinski definition) is 4. The number of nitrogens with two attached hydrogens (primary N) is 1. The van der Waals surface area contributed by atoms with Gasteiger partial charge < -0.3 is 35.9 Å². The highest BCUT2D eigenvalue weighted by Crippen LogP contribution is 2.54. The first-order valence-corrected chi connectivity index (χ1v) is 22.1. The fourth-order valence-corrected chi connectivity index (χ4v) is 10.1. The van der Waals surface area contributed by atoms with E-state index in [9.17, 15) is 19.2 Å². The van der Waals surface area contributed by atoms with Gasteiger partial charge in [-0.1, -0.05) is 140 Å². The maximum Gasteiger partial charge on any atom is 0.407 e. The first-order valence-electron chi connectivity index (χ1n) is 21.3. The average Bonchev–Trinajstić information content (AvgIpc) is 3.61. The van der Waals surface area contributed by atoms with Gasteiger partial charge in [-0.05, 0) is 80.5 Å². The number of hydrogen-bond acceptors (Lipinski definition) is 9. The monoisotopic (exact) mass is 896 g/mol. The fraction of sp³-hybridized carbons (Fsp3) is 0.288. The molecule has 12 nitrogen and oxygen atoms in total. The lowest BCUT2D eigenvalue weighted by Crippen LogP contribution is -2.61. The number of rotatable bonds is 17. The number of alkyl carbamates (subject to hydrolysis) is 1. The Kier molecular flexibility index (Phi) is 14.9. The molecule has 0 aromatic heterocycles. The zero-order chi connectivity index (χ0) is 46.9. The van der Waals surface area contributed by atoms with Crippen molar-refractivity contribution >= 4 is 41.5 Å². The van der Waals surface area contributed by atoms with Crippen molar-refractivity contribution in [1.82, 2.24) is 16.0 Å². The third-order valence-corrected chi connectivity index (χ3v) is 12.8. The van der Waals surface area contributed by atoms with Gasteiger partial charge in [-0.25, -0.2) is 9.59 Å². The van der Waals surface area contributed by atoms with Crippen LogP contribution in [-0.2, 0) is 38.1 Å². The molecular formula is C52H56N4O8S. The molecule has 0 fully saturated rings. The highest BCUT2D eigenvalue weighted by atomic mass is 32.2. The van der Waals surface area contributed by atoms with Crippen LogP contribution in [-0.4, -0.2) is 65.9 Å². The predicted octanol–water partition coefficient (Wildman–Crippen LogP) is 8.09. The maximum absolute atomic E-state index is 15.0. The summed E-state index contributed by atoms with van der Waals surface area (Å²) in [6.45, 7) is 10.4. The van der Waals surface area contributed by atoms with Gasteiger partial charge in [0.1, 0.15) is 30.1 Å². The summed E-state index contributed by atoms with van der Waals surface area (Å²) >= 11 is 1.42. The molecule has 2 atom stereocenters. The Morgan fingerprint density at radius 3 is 1.57 bits per heavy atom. The van der Waals surface area contributed by atoms with E-state index in [0.29, 0.717) is 0 Å². The lowest BCUT2D eigenvalue weighted by molar-refractivity contribution is -0.138. The molecule has 0 bridgehead atoms. The van der Waals surface area contributed by atoms with Gasteiger partial charge in [-0.2, -0.15) is 0 Å². The minimum absolute atomic E-state index is 0.0327. The molecule has 5 aromatic carbocycles. The van der Waals surface area contributed by atoms with Crippen molar-refractivity contribution in [1.29, 1.82) is 0 Å². The summed E-state index contributed by atoms with van der Waals surface area (Å²) in [5.41, 5.74) is 11.4. The summed E-state index contributed by atoms with van der Waals surface area (Å²) in [5, 5.41) is 8.05. The van der Waals surface area contributed by atoms with E-state index in [-0.39, 0.29) is 24.0 Å². The Hall–Kier alpha value is -6.86. The van der Waals surface area contributed by atoms with Gasteiger partial charge in [0.2, 0.25) is 17.7 Å². The van der Waals surface area contributed by atoms with E-state index in [0.717, 1.165) is 46.1 Å². The van der Waals surface area contributed by atoms with Crippen molar-refractivity contribution in [2.75, 3.05) is 13.7 Å². The number of ether oxygens (including phenoxy) is 3. The van der Waals surface area contributed by atoms with Gasteiger partial charge in [-0.3, -0.25) is 14.4 Å². The number of benzene rings is 5. The van der Waals surface area contributed by atoms with E-state index in [1.807, 2.05) is 153 Å². The van der Waals surface area contributed by atoms with E-state index in [2.05, 4.69) is 16.0 Å². The van der Waals surface area contributed by atoms with Crippen molar-refractivity contribution in [3.8, 4) is 11.1 Å². The summed E-state index contributed by atoms with van der Waals surface area (Å²) in [6.07, 6.45) is -1.54. The third kappa shape index (κ3) is 11.1. The maximum atomic E-state index is 15.0. The van der Waals surface area contributed by atoms with E-state index >= 15 is 4.79 Å². The summed E-state index contributed by atoms with van der Waals surface area (Å²) in [4.78, 5) is 68.9. The largest absolute Gasteiger partial charge is 0.490 e. The first kappa shape index (κ1) is 47.6. The average molecular weight is 897 g/mol. The number of nitrogens with one attached hydrogen (secondary N) is 3. The number of carbonyl (C=O) groups excluding carboxylic acids is 5. The molecule has 6 rings (SSSR count). The lowest BCUT2D eigenvalue weighted by atomic mass is 9.84. The number of methoxy groups -OCH3 is 1. The smallest absolute Gasteiger partial charge is 0.407 e. The lowest BCUT2D eigenvalue weighted by Gasteiger charge is -2.44. The van der Waals surface area contributed by atoms with Crippen molar-refractivity contribution in [3.63, 3.8) is 0 Å². The van der Waals surface area contributed by atoms with Crippen LogP contribution in [0.25, 0.3) is 11.1 Å². The molecule has 5 N–H and O–H groups in total. The molecule has 0 aliphatic heterocycles. The van der Waals surface area contributed by atoms with E-state index in [4.69, 9.17) is 19.9 Å². The molecule has 4 amide bonds. The van der Waals surface area contributed by atoms with Crippen LogP contribution in [0.1, 0.15) is 81.7 Å². The minimum Gasteiger partial charge on any atom is -0.490 e. The van der Waals surface area contributed by atoms with Crippen LogP contribution in [0.2, 0.25) is 0 Å². The predicted molar refractivity (Wildman–Crippen MR) is 252 cm³/mol. The minimum atomic E-state index is -1.61. The van der Waals surface area contributed by atoms with Gasteiger partial charge in [0, 0.05) is 10.7 Å². The fourth-order valence-electron chi connectivity index (χ4n) is 8.23. The van der Waals surface area contributed by atoms with Gasteiger partial charge in [0.25, 0.3) is 0 Å². The Morgan fingerprint density at radius 2 is 1.12 bits per heavy atom. The Morgan fingerprint density at radius 1 is 0.662 bits per heavy atom. The number of thioether (sulfide) groups is 1. The van der Waals surface area contributed by atoms with Crippen LogP contribution in [0.4, 0.5) is 4.79 Å². The molecular weight excluding hydrogens is 841 g/mol.